The van der Waals surface area contributed by atoms with Crippen molar-refractivity contribution in [1.29, 1.82) is 0 Å². The second-order valence-corrected chi connectivity index (χ2v) is 5.10. The molecular weight excluding hydrogens is 170 g/mol. The molecule has 0 radical (unpaired) electrons. The SMILES string of the molecule is CC1CCC(CN(C)C)CC1.CCC. The fraction of sp³-hybridized carbons (Fsp3) is 1.00. The Morgan fingerprint density at radius 2 is 1.43 bits per heavy atom. The molecule has 1 saturated carbocycles. The van der Waals surface area contributed by atoms with Gasteiger partial charge < -0.3 is 4.90 Å². The molecule has 0 saturated heterocycles. The number of hydrogen-bond donors (Lipinski definition) is 0. The molecule has 0 aromatic heterocycles. The Labute approximate surface area is 90.9 Å². The van der Waals surface area contributed by atoms with Crippen molar-refractivity contribution in [2.45, 2.75) is 52.9 Å². The van der Waals surface area contributed by atoms with E-state index in [1.54, 1.807) is 0 Å². The van der Waals surface area contributed by atoms with Crippen molar-refractivity contribution in [3.63, 3.8) is 0 Å². The first kappa shape index (κ1) is 14.0. The standard InChI is InChI=1S/C10H21N.C3H8/c1-9-4-6-10(7-5-9)8-11(2)3;1-3-2/h9-10H,4-8H2,1-3H3;3H2,1-2H3. The first-order chi connectivity index (χ1) is 6.60. The van der Waals surface area contributed by atoms with Gasteiger partial charge in [0.2, 0.25) is 0 Å². The molecule has 14 heavy (non-hydrogen) atoms. The van der Waals surface area contributed by atoms with E-state index in [1.165, 1.54) is 38.6 Å². The third-order valence-corrected chi connectivity index (χ3v) is 2.76. The van der Waals surface area contributed by atoms with Gasteiger partial charge in [0, 0.05) is 6.54 Å². The van der Waals surface area contributed by atoms with Crippen molar-refractivity contribution in [3.8, 4) is 0 Å². The smallest absolute Gasteiger partial charge is 0.000356 e. The maximum Gasteiger partial charge on any atom is 0.000356 e. The van der Waals surface area contributed by atoms with Gasteiger partial charge in [0.1, 0.15) is 0 Å². The zero-order chi connectivity index (χ0) is 11.0. The highest BCUT2D eigenvalue weighted by molar-refractivity contribution is 4.71. The molecule has 1 aliphatic carbocycles. The molecule has 0 aromatic rings. The molecule has 0 spiro atoms. The monoisotopic (exact) mass is 199 g/mol. The van der Waals surface area contributed by atoms with E-state index in [0.29, 0.717) is 0 Å². The third-order valence-electron chi connectivity index (χ3n) is 2.76. The Kier molecular flexibility index (Phi) is 8.26. The largest absolute Gasteiger partial charge is 0.309 e. The van der Waals surface area contributed by atoms with Crippen molar-refractivity contribution in [2.24, 2.45) is 11.8 Å². The lowest BCUT2D eigenvalue weighted by Gasteiger charge is -2.28. The van der Waals surface area contributed by atoms with Gasteiger partial charge in [-0.3, -0.25) is 0 Å². The van der Waals surface area contributed by atoms with Crippen molar-refractivity contribution < 1.29 is 0 Å². The van der Waals surface area contributed by atoms with Gasteiger partial charge in [-0.25, -0.2) is 0 Å². The van der Waals surface area contributed by atoms with Crippen LogP contribution in [0.5, 0.6) is 0 Å². The van der Waals surface area contributed by atoms with Crippen LogP contribution in [0, 0.1) is 11.8 Å². The lowest BCUT2D eigenvalue weighted by atomic mass is 9.83. The van der Waals surface area contributed by atoms with Gasteiger partial charge in [-0.1, -0.05) is 40.0 Å². The fourth-order valence-electron chi connectivity index (χ4n) is 2.03. The summed E-state index contributed by atoms with van der Waals surface area (Å²) >= 11 is 0. The molecule has 0 bridgehead atoms. The molecule has 0 aliphatic heterocycles. The number of rotatable bonds is 2. The average Bonchev–Trinajstić information content (AvgIpc) is 2.09. The van der Waals surface area contributed by atoms with Crippen molar-refractivity contribution >= 4 is 0 Å². The van der Waals surface area contributed by atoms with Crippen LogP contribution in [-0.2, 0) is 0 Å². The minimum absolute atomic E-state index is 0.987. The van der Waals surface area contributed by atoms with Crippen molar-refractivity contribution in [3.05, 3.63) is 0 Å². The molecule has 0 heterocycles. The lowest BCUT2D eigenvalue weighted by Crippen LogP contribution is -2.25. The van der Waals surface area contributed by atoms with Crippen molar-refractivity contribution in [1.82, 2.24) is 4.90 Å². The van der Waals surface area contributed by atoms with Gasteiger partial charge in [0.15, 0.2) is 0 Å². The van der Waals surface area contributed by atoms with E-state index in [1.807, 2.05) is 0 Å². The van der Waals surface area contributed by atoms with Crippen LogP contribution in [0.25, 0.3) is 0 Å². The summed E-state index contributed by atoms with van der Waals surface area (Å²) in [5.74, 6) is 1.98. The molecule has 1 fully saturated rings. The van der Waals surface area contributed by atoms with E-state index >= 15 is 0 Å². The highest BCUT2D eigenvalue weighted by Crippen LogP contribution is 2.28. The molecule has 86 valence electrons. The molecular formula is C13H29N. The predicted molar refractivity (Wildman–Crippen MR) is 65.6 cm³/mol. The second kappa shape index (κ2) is 8.28. The molecule has 0 unspecified atom stereocenters. The Morgan fingerprint density at radius 3 is 1.79 bits per heavy atom. The van der Waals surface area contributed by atoms with E-state index < -0.39 is 0 Å². The summed E-state index contributed by atoms with van der Waals surface area (Å²) in [6.45, 7) is 7.93. The topological polar surface area (TPSA) is 3.24 Å². The van der Waals surface area contributed by atoms with Crippen LogP contribution in [-0.4, -0.2) is 25.5 Å². The summed E-state index contributed by atoms with van der Waals surface area (Å²) in [7, 11) is 4.36. The van der Waals surface area contributed by atoms with Gasteiger partial charge >= 0.3 is 0 Å². The van der Waals surface area contributed by atoms with Crippen LogP contribution in [0.15, 0.2) is 0 Å². The number of hydrogen-bond acceptors (Lipinski definition) is 1. The lowest BCUT2D eigenvalue weighted by molar-refractivity contribution is 0.231. The van der Waals surface area contributed by atoms with Gasteiger partial charge in [0.05, 0.1) is 0 Å². The van der Waals surface area contributed by atoms with E-state index in [9.17, 15) is 0 Å². The summed E-state index contributed by atoms with van der Waals surface area (Å²) < 4.78 is 0. The van der Waals surface area contributed by atoms with E-state index in [4.69, 9.17) is 0 Å². The molecule has 1 aliphatic rings. The highest BCUT2D eigenvalue weighted by Gasteiger charge is 2.17. The van der Waals surface area contributed by atoms with Gasteiger partial charge in [0.25, 0.3) is 0 Å². The Bertz CT molecular complexity index is 112. The van der Waals surface area contributed by atoms with Gasteiger partial charge in [-0.15, -0.1) is 0 Å². The fourth-order valence-corrected chi connectivity index (χ4v) is 2.03. The van der Waals surface area contributed by atoms with Crippen LogP contribution in [0.4, 0.5) is 0 Å². The van der Waals surface area contributed by atoms with E-state index in [0.717, 1.165) is 11.8 Å². The van der Waals surface area contributed by atoms with E-state index in [2.05, 4.69) is 39.8 Å². The summed E-state index contributed by atoms with van der Waals surface area (Å²) in [4.78, 5) is 2.32. The molecule has 0 aromatic carbocycles. The van der Waals surface area contributed by atoms with Crippen LogP contribution < -0.4 is 0 Å². The maximum absolute atomic E-state index is 2.38. The summed E-state index contributed by atoms with van der Waals surface area (Å²) in [5, 5.41) is 0. The molecule has 1 nitrogen and oxygen atoms in total. The summed E-state index contributed by atoms with van der Waals surface area (Å²) in [6.07, 6.45) is 7.08. The summed E-state index contributed by atoms with van der Waals surface area (Å²) in [5.41, 5.74) is 0. The third kappa shape index (κ3) is 7.37. The molecule has 0 amide bonds. The van der Waals surface area contributed by atoms with Crippen molar-refractivity contribution in [2.75, 3.05) is 20.6 Å². The van der Waals surface area contributed by atoms with Gasteiger partial charge in [-0.05, 0) is 38.8 Å². The molecule has 0 atom stereocenters. The Balaban J connectivity index is 0.000000500. The Hall–Kier alpha value is -0.0400. The molecule has 1 heteroatoms. The molecule has 0 N–H and O–H groups in total. The second-order valence-electron chi connectivity index (χ2n) is 5.10. The van der Waals surface area contributed by atoms with Crippen LogP contribution >= 0.6 is 0 Å². The van der Waals surface area contributed by atoms with Gasteiger partial charge in [-0.2, -0.15) is 0 Å². The quantitative estimate of drug-likeness (QED) is 0.654. The number of nitrogens with zero attached hydrogens (tertiary/aromatic N) is 1. The average molecular weight is 199 g/mol. The molecule has 1 rings (SSSR count). The Morgan fingerprint density at radius 1 is 1.00 bits per heavy atom. The maximum atomic E-state index is 2.38. The minimum Gasteiger partial charge on any atom is -0.309 e. The van der Waals surface area contributed by atoms with Crippen LogP contribution in [0.3, 0.4) is 0 Å². The van der Waals surface area contributed by atoms with E-state index in [-0.39, 0.29) is 0 Å². The normalized spacial score (nSPS) is 27.0. The predicted octanol–water partition coefficient (Wildman–Crippen LogP) is 3.79. The van der Waals surface area contributed by atoms with Crippen LogP contribution in [0.1, 0.15) is 52.9 Å². The van der Waals surface area contributed by atoms with Crippen LogP contribution in [0.2, 0.25) is 0 Å². The highest BCUT2D eigenvalue weighted by atomic mass is 15.1. The first-order valence-corrected chi connectivity index (χ1v) is 6.24. The zero-order valence-electron chi connectivity index (χ0n) is 10.8. The minimum atomic E-state index is 0.987. The zero-order valence-corrected chi connectivity index (χ0v) is 10.8. The summed E-state index contributed by atoms with van der Waals surface area (Å²) in [6, 6.07) is 0. The first-order valence-electron chi connectivity index (χ1n) is 6.24.